The van der Waals surface area contributed by atoms with Gasteiger partial charge in [0.2, 0.25) is 0 Å². The lowest BCUT2D eigenvalue weighted by Crippen LogP contribution is -2.13. The molecule has 3 aromatic rings. The molecule has 0 saturated carbocycles. The summed E-state index contributed by atoms with van der Waals surface area (Å²) in [6, 6.07) is 17.2. The third kappa shape index (κ3) is 6.08. The van der Waals surface area contributed by atoms with Crippen molar-refractivity contribution in [2.24, 2.45) is 0 Å². The number of nitrogens with zero attached hydrogens (tertiary/aromatic N) is 1. The Balaban J connectivity index is 0.000000272. The molecule has 0 bridgehead atoms. The predicted octanol–water partition coefficient (Wildman–Crippen LogP) is 2.96. The van der Waals surface area contributed by atoms with E-state index in [9.17, 15) is 4.39 Å². The van der Waals surface area contributed by atoms with E-state index in [1.807, 2.05) is 18.2 Å². The molecular weight excluding hydrogens is 262 g/mol. The minimum atomic E-state index is -0.160. The Kier molecular flexibility index (Phi) is 6.26. The van der Waals surface area contributed by atoms with Crippen molar-refractivity contribution < 1.29 is 4.39 Å². The Hall–Kier alpha value is -2.36. The van der Waals surface area contributed by atoms with Crippen molar-refractivity contribution in [2.75, 3.05) is 0 Å². The number of nitrogens with one attached hydrogen (secondary N) is 1. The summed E-state index contributed by atoms with van der Waals surface area (Å²) in [7, 11) is 1.01. The molecule has 1 aromatic heterocycles. The largest absolute Gasteiger partial charge is 0.351 e. The zero-order valence-corrected chi connectivity index (χ0v) is 11.9. The molecule has 2 aromatic carbocycles. The summed E-state index contributed by atoms with van der Waals surface area (Å²) in [6.07, 6.45) is 7.27. The van der Waals surface area contributed by atoms with Crippen LogP contribution in [0.25, 0.3) is 0 Å². The lowest BCUT2D eigenvalue weighted by molar-refractivity contribution is 0.628. The highest BCUT2D eigenvalue weighted by Gasteiger charge is 1.97. The van der Waals surface area contributed by atoms with Crippen molar-refractivity contribution in [1.82, 2.24) is 9.97 Å². The van der Waals surface area contributed by atoms with Crippen LogP contribution < -0.4 is 5.46 Å². The maximum absolute atomic E-state index is 12.7. The van der Waals surface area contributed by atoms with Gasteiger partial charge in [-0.05, 0) is 24.1 Å². The lowest BCUT2D eigenvalue weighted by atomic mass is 9.66. The van der Waals surface area contributed by atoms with Gasteiger partial charge in [-0.1, -0.05) is 54.2 Å². The molecule has 1 heterocycles. The third-order valence-electron chi connectivity index (χ3n) is 3.09. The van der Waals surface area contributed by atoms with E-state index in [0.717, 1.165) is 20.0 Å². The van der Waals surface area contributed by atoms with E-state index in [-0.39, 0.29) is 5.82 Å². The van der Waals surface area contributed by atoms with E-state index < -0.39 is 0 Å². The number of benzene rings is 2. The molecule has 0 unspecified atom stereocenters. The molecule has 106 valence electrons. The van der Waals surface area contributed by atoms with Gasteiger partial charge in [0, 0.05) is 12.4 Å². The van der Waals surface area contributed by atoms with Gasteiger partial charge >= 0.3 is 0 Å². The molecule has 0 atom stereocenters. The molecule has 1 N–H and O–H groups in total. The average Bonchev–Trinajstić information content (AvgIpc) is 3.10. The number of rotatable bonds is 4. The number of halogens is 1. The topological polar surface area (TPSA) is 28.7 Å². The third-order valence-corrected chi connectivity index (χ3v) is 3.09. The standard InChI is InChI=1S/C14H14BF.C3H4N2/c16-14-8-6-13(7-9-14)15-11-10-12-4-2-1-3-5-12;1-2-5-3-4-1/h1-9,15H,10-11H2;1-3H,(H,4,5). The summed E-state index contributed by atoms with van der Waals surface area (Å²) >= 11 is 0. The first-order valence-corrected chi connectivity index (χ1v) is 7.06. The van der Waals surface area contributed by atoms with Crippen molar-refractivity contribution in [3.05, 3.63) is 84.7 Å². The fourth-order valence-electron chi connectivity index (χ4n) is 2.01. The first-order valence-electron chi connectivity index (χ1n) is 7.06. The summed E-state index contributed by atoms with van der Waals surface area (Å²) in [6.45, 7) is 0. The maximum Gasteiger partial charge on any atom is 0.158 e. The summed E-state index contributed by atoms with van der Waals surface area (Å²) in [4.78, 5) is 6.42. The molecule has 0 fully saturated rings. The Morgan fingerprint density at radius 3 is 2.33 bits per heavy atom. The molecule has 0 aliphatic carbocycles. The highest BCUT2D eigenvalue weighted by molar-refractivity contribution is 6.53. The Morgan fingerprint density at radius 1 is 1.00 bits per heavy atom. The Morgan fingerprint density at radius 2 is 1.76 bits per heavy atom. The van der Waals surface area contributed by atoms with Crippen molar-refractivity contribution >= 4 is 12.7 Å². The fraction of sp³-hybridized carbons (Fsp3) is 0.118. The average molecular weight is 280 g/mol. The van der Waals surface area contributed by atoms with Crippen LogP contribution in [0.5, 0.6) is 0 Å². The van der Waals surface area contributed by atoms with Gasteiger partial charge in [-0.15, -0.1) is 0 Å². The highest BCUT2D eigenvalue weighted by Crippen LogP contribution is 2.02. The first-order chi connectivity index (χ1) is 10.3. The Labute approximate surface area is 125 Å². The number of imidazole rings is 1. The fourth-order valence-corrected chi connectivity index (χ4v) is 2.01. The molecule has 0 spiro atoms. The molecule has 2 nitrogen and oxygen atoms in total. The minimum Gasteiger partial charge on any atom is -0.351 e. The molecule has 0 radical (unpaired) electrons. The summed E-state index contributed by atoms with van der Waals surface area (Å²) in [5.41, 5.74) is 2.57. The molecule has 4 heteroatoms. The maximum atomic E-state index is 12.7. The lowest BCUT2D eigenvalue weighted by Gasteiger charge is -2.00. The van der Waals surface area contributed by atoms with Crippen molar-refractivity contribution in [2.45, 2.75) is 12.7 Å². The summed E-state index contributed by atoms with van der Waals surface area (Å²) in [5, 5.41) is 0. The van der Waals surface area contributed by atoms with Crippen LogP contribution in [0.1, 0.15) is 5.56 Å². The summed E-state index contributed by atoms with van der Waals surface area (Å²) < 4.78 is 12.7. The van der Waals surface area contributed by atoms with E-state index in [4.69, 9.17) is 0 Å². The number of H-pyrrole nitrogens is 1. The number of aryl methyl sites for hydroxylation is 1. The van der Waals surface area contributed by atoms with Crippen LogP contribution in [0.15, 0.2) is 73.3 Å². The zero-order chi connectivity index (χ0) is 14.8. The van der Waals surface area contributed by atoms with Gasteiger partial charge in [0.25, 0.3) is 0 Å². The monoisotopic (exact) mass is 280 g/mol. The molecule has 0 amide bonds. The van der Waals surface area contributed by atoms with Crippen LogP contribution in [0.2, 0.25) is 6.32 Å². The smallest absolute Gasteiger partial charge is 0.158 e. The second-order valence-electron chi connectivity index (χ2n) is 4.73. The van der Waals surface area contributed by atoms with Gasteiger partial charge in [0.15, 0.2) is 7.28 Å². The van der Waals surface area contributed by atoms with Crippen LogP contribution in [0, 0.1) is 5.82 Å². The van der Waals surface area contributed by atoms with Gasteiger partial charge in [0.05, 0.1) is 6.33 Å². The van der Waals surface area contributed by atoms with E-state index in [0.29, 0.717) is 0 Å². The van der Waals surface area contributed by atoms with Crippen LogP contribution in [0.4, 0.5) is 4.39 Å². The van der Waals surface area contributed by atoms with Crippen LogP contribution in [0.3, 0.4) is 0 Å². The van der Waals surface area contributed by atoms with Crippen molar-refractivity contribution in [3.8, 4) is 0 Å². The number of aromatic nitrogens is 2. The first kappa shape index (κ1) is 15.0. The quantitative estimate of drug-likeness (QED) is 0.731. The van der Waals surface area contributed by atoms with Gasteiger partial charge in [-0.3, -0.25) is 0 Å². The second kappa shape index (κ2) is 8.74. The summed E-state index contributed by atoms with van der Waals surface area (Å²) in [5.74, 6) is -0.160. The van der Waals surface area contributed by atoms with Gasteiger partial charge in [0.1, 0.15) is 5.82 Å². The van der Waals surface area contributed by atoms with Crippen molar-refractivity contribution in [1.29, 1.82) is 0 Å². The van der Waals surface area contributed by atoms with Gasteiger partial charge < -0.3 is 4.98 Å². The molecule has 0 saturated heterocycles. The normalized spacial score (nSPS) is 9.57. The van der Waals surface area contributed by atoms with Crippen LogP contribution >= 0.6 is 0 Å². The van der Waals surface area contributed by atoms with Crippen molar-refractivity contribution in [3.63, 3.8) is 0 Å². The number of hydrogen-bond acceptors (Lipinski definition) is 1. The minimum absolute atomic E-state index is 0.160. The van der Waals surface area contributed by atoms with E-state index in [1.54, 1.807) is 18.7 Å². The Bertz CT molecular complexity index is 577. The molecular formula is C17H18BFN2. The second-order valence-corrected chi connectivity index (χ2v) is 4.73. The molecule has 3 rings (SSSR count). The zero-order valence-electron chi connectivity index (χ0n) is 11.9. The highest BCUT2D eigenvalue weighted by atomic mass is 19.1. The molecule has 21 heavy (non-hydrogen) atoms. The predicted molar refractivity (Wildman–Crippen MR) is 86.7 cm³/mol. The van der Waals surface area contributed by atoms with Crippen LogP contribution in [-0.2, 0) is 6.42 Å². The van der Waals surface area contributed by atoms with E-state index in [1.165, 1.54) is 23.2 Å². The van der Waals surface area contributed by atoms with E-state index in [2.05, 4.69) is 34.2 Å². The van der Waals surface area contributed by atoms with Gasteiger partial charge in [-0.2, -0.15) is 0 Å². The van der Waals surface area contributed by atoms with E-state index >= 15 is 0 Å². The number of hydrogen-bond donors (Lipinski definition) is 1. The molecule has 0 aliphatic heterocycles. The van der Waals surface area contributed by atoms with Crippen LogP contribution in [-0.4, -0.2) is 17.2 Å². The van der Waals surface area contributed by atoms with Gasteiger partial charge in [-0.25, -0.2) is 9.37 Å². The SMILES string of the molecule is Fc1ccc(BCCc2ccccc2)cc1.c1c[nH]cn1. The molecule has 0 aliphatic rings. The number of aromatic amines is 1.